The summed E-state index contributed by atoms with van der Waals surface area (Å²) in [5, 5.41) is 0. The Kier molecular flexibility index (Phi) is 8.84. The molecule has 0 aromatic carbocycles. The molecule has 3 rings (SSSR count). The number of hydrogen-bond donors (Lipinski definition) is 0. The van der Waals surface area contributed by atoms with Crippen LogP contribution >= 0.6 is 0 Å². The van der Waals surface area contributed by atoms with Crippen molar-refractivity contribution in [3.8, 4) is 0 Å². The van der Waals surface area contributed by atoms with Gasteiger partial charge in [0.15, 0.2) is 0 Å². The molecule has 0 aromatic rings. The summed E-state index contributed by atoms with van der Waals surface area (Å²) in [5.41, 5.74) is 0.639. The Hall–Kier alpha value is -0.120. The van der Waals surface area contributed by atoms with Gasteiger partial charge >= 0.3 is 0 Å². The summed E-state index contributed by atoms with van der Waals surface area (Å²) in [6, 6.07) is 0. The zero-order chi connectivity index (χ0) is 15.7. The second-order valence-electron chi connectivity index (χ2n) is 6.50. The van der Waals surface area contributed by atoms with E-state index in [4.69, 9.17) is 4.74 Å². The molecule has 3 heteroatoms. The number of fused-ring (bicyclic) bond motifs is 1. The van der Waals surface area contributed by atoms with Crippen molar-refractivity contribution in [1.82, 2.24) is 9.80 Å². The van der Waals surface area contributed by atoms with Crippen LogP contribution in [0.4, 0.5) is 0 Å². The molecule has 21 heavy (non-hydrogen) atoms. The molecular weight excluding hydrogens is 260 g/mol. The Morgan fingerprint density at radius 2 is 1.48 bits per heavy atom. The smallest absolute Gasteiger partial charge is 0.0594 e. The molecule has 0 bridgehead atoms. The molecule has 3 saturated heterocycles. The van der Waals surface area contributed by atoms with Crippen LogP contribution in [-0.2, 0) is 4.74 Å². The predicted octanol–water partition coefficient (Wildman–Crippen LogP) is 3.64. The number of ether oxygens (including phenoxy) is 1. The van der Waals surface area contributed by atoms with Gasteiger partial charge in [-0.25, -0.2) is 0 Å². The minimum absolute atomic E-state index is 0.639. The summed E-state index contributed by atoms with van der Waals surface area (Å²) < 4.78 is 5.16. The minimum Gasteiger partial charge on any atom is -0.379 e. The first kappa shape index (κ1) is 18.9. The predicted molar refractivity (Wildman–Crippen MR) is 91.9 cm³/mol. The van der Waals surface area contributed by atoms with Crippen molar-refractivity contribution in [2.45, 2.75) is 65.8 Å². The summed E-state index contributed by atoms with van der Waals surface area (Å²) in [6.07, 6.45) is 5.81. The largest absolute Gasteiger partial charge is 0.379 e. The third-order valence-electron chi connectivity index (χ3n) is 5.33. The maximum atomic E-state index is 5.16. The summed E-state index contributed by atoms with van der Waals surface area (Å²) >= 11 is 0. The van der Waals surface area contributed by atoms with Crippen LogP contribution in [0, 0.1) is 5.92 Å². The van der Waals surface area contributed by atoms with E-state index in [-0.39, 0.29) is 0 Å². The average Bonchev–Trinajstić information content (AvgIpc) is 3.11. The molecule has 0 aliphatic carbocycles. The molecule has 0 spiro atoms. The summed E-state index contributed by atoms with van der Waals surface area (Å²) in [4.78, 5) is 5.13. The van der Waals surface area contributed by atoms with Crippen molar-refractivity contribution < 1.29 is 4.74 Å². The van der Waals surface area contributed by atoms with E-state index in [1.807, 2.05) is 13.8 Å². The molecule has 0 atom stereocenters. The van der Waals surface area contributed by atoms with E-state index in [1.54, 1.807) is 0 Å². The third-order valence-corrected chi connectivity index (χ3v) is 5.33. The maximum Gasteiger partial charge on any atom is 0.0594 e. The Morgan fingerprint density at radius 3 is 1.81 bits per heavy atom. The monoisotopic (exact) mass is 298 g/mol. The lowest BCUT2D eigenvalue weighted by Gasteiger charge is -2.36. The van der Waals surface area contributed by atoms with Crippen LogP contribution in [0.2, 0.25) is 0 Å². The van der Waals surface area contributed by atoms with E-state index in [1.165, 1.54) is 45.3 Å². The fourth-order valence-electron chi connectivity index (χ4n) is 4.01. The molecule has 3 aliphatic heterocycles. The third kappa shape index (κ3) is 4.94. The van der Waals surface area contributed by atoms with Crippen LogP contribution in [0.1, 0.15) is 60.3 Å². The Labute approximate surface area is 133 Å². The molecular formula is C18H38N2O. The standard InChI is InChI=1S/C10H19N.C6H13NO.C2H6/c1-9(2)10-5-3-7-11(10)8-4-6-10;1-2-7-3-5-8-6-4-7;1-2/h9H,3-8H2,1-2H3;2-6H2,1H3;1-2H3. The molecule has 3 fully saturated rings. The second-order valence-corrected chi connectivity index (χ2v) is 6.50. The Bertz CT molecular complexity index is 252. The van der Waals surface area contributed by atoms with Gasteiger partial charge in [0.25, 0.3) is 0 Å². The van der Waals surface area contributed by atoms with Gasteiger partial charge in [-0.3, -0.25) is 9.80 Å². The second kappa shape index (κ2) is 9.81. The number of hydrogen-bond acceptors (Lipinski definition) is 3. The first-order valence-corrected chi connectivity index (χ1v) is 9.24. The molecule has 0 radical (unpaired) electrons. The van der Waals surface area contributed by atoms with Crippen LogP contribution < -0.4 is 0 Å². The summed E-state index contributed by atoms with van der Waals surface area (Å²) in [5.74, 6) is 0.868. The molecule has 126 valence electrons. The molecule has 3 aliphatic rings. The van der Waals surface area contributed by atoms with E-state index in [0.717, 1.165) is 32.2 Å². The maximum absolute atomic E-state index is 5.16. The number of rotatable bonds is 2. The van der Waals surface area contributed by atoms with E-state index >= 15 is 0 Å². The molecule has 0 unspecified atom stereocenters. The number of nitrogens with zero attached hydrogens (tertiary/aromatic N) is 2. The van der Waals surface area contributed by atoms with Gasteiger partial charge in [0.2, 0.25) is 0 Å². The van der Waals surface area contributed by atoms with Crippen molar-refractivity contribution in [2.24, 2.45) is 5.92 Å². The van der Waals surface area contributed by atoms with E-state index in [2.05, 4.69) is 30.6 Å². The van der Waals surface area contributed by atoms with Crippen LogP contribution in [0.5, 0.6) is 0 Å². The molecule has 0 saturated carbocycles. The van der Waals surface area contributed by atoms with Gasteiger partial charge in [0, 0.05) is 18.6 Å². The number of morpholine rings is 1. The lowest BCUT2D eigenvalue weighted by Crippen LogP contribution is -2.42. The molecule has 0 amide bonds. The molecule has 0 N–H and O–H groups in total. The normalized spacial score (nSPS) is 24.9. The van der Waals surface area contributed by atoms with Crippen LogP contribution in [0.3, 0.4) is 0 Å². The first-order valence-electron chi connectivity index (χ1n) is 9.24. The zero-order valence-corrected chi connectivity index (χ0v) is 15.2. The fourth-order valence-corrected chi connectivity index (χ4v) is 4.01. The van der Waals surface area contributed by atoms with Crippen molar-refractivity contribution >= 4 is 0 Å². The van der Waals surface area contributed by atoms with Crippen LogP contribution in [0.25, 0.3) is 0 Å². The highest BCUT2D eigenvalue weighted by Gasteiger charge is 2.45. The molecule has 3 nitrogen and oxygen atoms in total. The van der Waals surface area contributed by atoms with Crippen molar-refractivity contribution in [1.29, 1.82) is 0 Å². The van der Waals surface area contributed by atoms with Gasteiger partial charge < -0.3 is 4.74 Å². The lowest BCUT2D eigenvalue weighted by atomic mass is 9.83. The molecule has 0 aromatic heterocycles. The Morgan fingerprint density at radius 1 is 0.952 bits per heavy atom. The van der Waals surface area contributed by atoms with Crippen LogP contribution in [-0.4, -0.2) is 61.3 Å². The zero-order valence-electron chi connectivity index (χ0n) is 15.2. The quantitative estimate of drug-likeness (QED) is 0.774. The highest BCUT2D eigenvalue weighted by Crippen LogP contribution is 2.43. The van der Waals surface area contributed by atoms with Crippen molar-refractivity contribution in [3.05, 3.63) is 0 Å². The minimum atomic E-state index is 0.639. The fraction of sp³-hybridized carbons (Fsp3) is 1.00. The average molecular weight is 299 g/mol. The van der Waals surface area contributed by atoms with Gasteiger partial charge in [0.05, 0.1) is 13.2 Å². The first-order chi connectivity index (χ1) is 10.2. The highest BCUT2D eigenvalue weighted by atomic mass is 16.5. The summed E-state index contributed by atoms with van der Waals surface area (Å²) in [6.45, 7) is 19.0. The van der Waals surface area contributed by atoms with E-state index in [0.29, 0.717) is 5.54 Å². The summed E-state index contributed by atoms with van der Waals surface area (Å²) in [7, 11) is 0. The van der Waals surface area contributed by atoms with Crippen LogP contribution in [0.15, 0.2) is 0 Å². The highest BCUT2D eigenvalue weighted by molar-refractivity contribution is 5.01. The van der Waals surface area contributed by atoms with E-state index < -0.39 is 0 Å². The van der Waals surface area contributed by atoms with E-state index in [9.17, 15) is 0 Å². The van der Waals surface area contributed by atoms with Gasteiger partial charge in [-0.05, 0) is 51.2 Å². The molecule has 3 heterocycles. The van der Waals surface area contributed by atoms with Crippen molar-refractivity contribution in [2.75, 3.05) is 45.9 Å². The number of likely N-dealkylation sites (N-methyl/N-ethyl adjacent to an activating group) is 1. The van der Waals surface area contributed by atoms with Gasteiger partial charge in [-0.15, -0.1) is 0 Å². The van der Waals surface area contributed by atoms with Crippen molar-refractivity contribution in [3.63, 3.8) is 0 Å². The van der Waals surface area contributed by atoms with Gasteiger partial charge in [-0.1, -0.05) is 34.6 Å². The SMILES string of the molecule is CC.CC(C)C12CCCN1CCC2.CCN1CCOCC1. The van der Waals surface area contributed by atoms with Gasteiger partial charge in [0.1, 0.15) is 0 Å². The van der Waals surface area contributed by atoms with Gasteiger partial charge in [-0.2, -0.15) is 0 Å². The lowest BCUT2D eigenvalue weighted by molar-refractivity contribution is 0.0405. The Balaban J connectivity index is 0.000000196. The topological polar surface area (TPSA) is 15.7 Å².